The number of nitro benzene ring substituents is 1. The third-order valence-electron chi connectivity index (χ3n) is 5.93. The number of carbonyl (C=O) groups is 2. The zero-order valence-electron chi connectivity index (χ0n) is 19.3. The Balaban J connectivity index is 1.71. The molecule has 1 atom stereocenters. The van der Waals surface area contributed by atoms with Crippen LogP contribution in [0, 0.1) is 10.1 Å². The summed E-state index contributed by atoms with van der Waals surface area (Å²) >= 11 is 0. The van der Waals surface area contributed by atoms with E-state index in [1.54, 1.807) is 0 Å². The Labute approximate surface area is 202 Å². The van der Waals surface area contributed by atoms with E-state index in [2.05, 4.69) is 0 Å². The third kappa shape index (κ3) is 4.93. The SMILES string of the molecule is COC(=O)C1Cc2ccccc2CN1C(=O)c1cc(OC)c(OCc2ccccc2)cc1[N+](=O)[O-]. The zero-order valence-corrected chi connectivity index (χ0v) is 19.3. The third-order valence-corrected chi connectivity index (χ3v) is 5.93. The first kappa shape index (κ1) is 23.7. The van der Waals surface area contributed by atoms with Crippen molar-refractivity contribution in [3.63, 3.8) is 0 Å². The van der Waals surface area contributed by atoms with E-state index in [-0.39, 0.29) is 36.6 Å². The fraction of sp³-hybridized carbons (Fsp3) is 0.231. The lowest BCUT2D eigenvalue weighted by molar-refractivity contribution is -0.385. The maximum absolute atomic E-state index is 13.6. The molecule has 0 N–H and O–H groups in total. The monoisotopic (exact) mass is 476 g/mol. The molecule has 3 aromatic carbocycles. The average molecular weight is 476 g/mol. The van der Waals surface area contributed by atoms with Crippen molar-refractivity contribution in [2.45, 2.75) is 25.6 Å². The Morgan fingerprint density at radius 2 is 1.69 bits per heavy atom. The minimum Gasteiger partial charge on any atom is -0.493 e. The highest BCUT2D eigenvalue weighted by Crippen LogP contribution is 2.37. The lowest BCUT2D eigenvalue weighted by Crippen LogP contribution is -2.49. The molecule has 1 amide bonds. The Bertz CT molecular complexity index is 1260. The summed E-state index contributed by atoms with van der Waals surface area (Å²) in [4.78, 5) is 38.8. The normalized spacial score (nSPS) is 14.6. The van der Waals surface area contributed by atoms with E-state index in [9.17, 15) is 19.7 Å². The lowest BCUT2D eigenvalue weighted by Gasteiger charge is -2.35. The van der Waals surface area contributed by atoms with Crippen LogP contribution >= 0.6 is 0 Å². The largest absolute Gasteiger partial charge is 0.493 e. The molecule has 35 heavy (non-hydrogen) atoms. The van der Waals surface area contributed by atoms with Crippen LogP contribution in [0.2, 0.25) is 0 Å². The average Bonchev–Trinajstić information content (AvgIpc) is 2.90. The summed E-state index contributed by atoms with van der Waals surface area (Å²) in [5.41, 5.74) is 2.00. The van der Waals surface area contributed by atoms with E-state index >= 15 is 0 Å². The van der Waals surface area contributed by atoms with Crippen molar-refractivity contribution in [2.24, 2.45) is 0 Å². The first-order valence-electron chi connectivity index (χ1n) is 10.9. The fourth-order valence-electron chi connectivity index (χ4n) is 4.12. The van der Waals surface area contributed by atoms with Gasteiger partial charge in [0.25, 0.3) is 11.6 Å². The molecule has 9 heteroatoms. The van der Waals surface area contributed by atoms with Crippen LogP contribution in [-0.2, 0) is 29.1 Å². The molecule has 0 fully saturated rings. The first-order chi connectivity index (χ1) is 16.9. The van der Waals surface area contributed by atoms with Gasteiger partial charge in [0.05, 0.1) is 25.2 Å². The molecule has 0 saturated carbocycles. The molecule has 0 bridgehead atoms. The van der Waals surface area contributed by atoms with Crippen LogP contribution in [0.5, 0.6) is 11.5 Å². The number of nitrogens with zero attached hydrogens (tertiary/aromatic N) is 2. The summed E-state index contributed by atoms with van der Waals surface area (Å²) in [6.45, 7) is 0.273. The predicted octanol–water partition coefficient (Wildman–Crippen LogP) is 3.92. The second kappa shape index (κ2) is 10.3. The van der Waals surface area contributed by atoms with Crippen LogP contribution in [0.1, 0.15) is 27.0 Å². The maximum atomic E-state index is 13.6. The van der Waals surface area contributed by atoms with E-state index in [0.29, 0.717) is 0 Å². The number of hydrogen-bond acceptors (Lipinski definition) is 7. The number of amides is 1. The van der Waals surface area contributed by atoms with Crippen LogP contribution in [0.15, 0.2) is 66.7 Å². The number of nitro groups is 1. The molecule has 4 rings (SSSR count). The van der Waals surface area contributed by atoms with Crippen LogP contribution in [0.4, 0.5) is 5.69 Å². The number of benzene rings is 3. The van der Waals surface area contributed by atoms with Crippen molar-refractivity contribution >= 4 is 17.6 Å². The second-order valence-electron chi connectivity index (χ2n) is 8.00. The highest BCUT2D eigenvalue weighted by Gasteiger charge is 2.38. The van der Waals surface area contributed by atoms with Crippen LogP contribution < -0.4 is 9.47 Å². The number of fused-ring (bicyclic) bond motifs is 1. The van der Waals surface area contributed by atoms with Crippen molar-refractivity contribution in [3.05, 3.63) is 99.1 Å². The molecule has 0 saturated heterocycles. The summed E-state index contributed by atoms with van der Waals surface area (Å²) in [6.07, 6.45) is 0.248. The highest BCUT2D eigenvalue weighted by atomic mass is 16.6. The van der Waals surface area contributed by atoms with Gasteiger partial charge in [0.1, 0.15) is 18.2 Å². The summed E-state index contributed by atoms with van der Waals surface area (Å²) in [5, 5.41) is 12.0. The van der Waals surface area contributed by atoms with Gasteiger partial charge in [-0.2, -0.15) is 0 Å². The van der Waals surface area contributed by atoms with Gasteiger partial charge >= 0.3 is 5.97 Å². The molecule has 1 heterocycles. The van der Waals surface area contributed by atoms with Gasteiger partial charge in [0.2, 0.25) is 0 Å². The molecule has 3 aromatic rings. The Morgan fingerprint density at radius 1 is 1.00 bits per heavy atom. The summed E-state index contributed by atoms with van der Waals surface area (Å²) in [7, 11) is 2.63. The fourth-order valence-corrected chi connectivity index (χ4v) is 4.12. The minimum absolute atomic E-state index is 0.112. The second-order valence-corrected chi connectivity index (χ2v) is 8.00. The quantitative estimate of drug-likeness (QED) is 0.289. The molecule has 9 nitrogen and oxygen atoms in total. The molecule has 180 valence electrons. The first-order valence-corrected chi connectivity index (χ1v) is 10.9. The van der Waals surface area contributed by atoms with Gasteiger partial charge in [0, 0.05) is 19.0 Å². The molecule has 0 radical (unpaired) electrons. The molecule has 0 aromatic heterocycles. The predicted molar refractivity (Wildman–Crippen MR) is 126 cm³/mol. The Hall–Kier alpha value is -4.40. The van der Waals surface area contributed by atoms with Crippen molar-refractivity contribution in [1.82, 2.24) is 4.90 Å². The van der Waals surface area contributed by atoms with Crippen molar-refractivity contribution in [3.8, 4) is 11.5 Å². The number of rotatable bonds is 7. The lowest BCUT2D eigenvalue weighted by atomic mass is 9.93. The van der Waals surface area contributed by atoms with E-state index < -0.39 is 28.5 Å². The van der Waals surface area contributed by atoms with E-state index in [1.807, 2.05) is 54.6 Å². The van der Waals surface area contributed by atoms with E-state index in [4.69, 9.17) is 14.2 Å². The number of esters is 1. The van der Waals surface area contributed by atoms with E-state index in [0.717, 1.165) is 16.7 Å². The number of methoxy groups -OCH3 is 2. The van der Waals surface area contributed by atoms with Crippen LogP contribution in [0.3, 0.4) is 0 Å². The summed E-state index contributed by atoms with van der Waals surface area (Å²) in [6, 6.07) is 18.3. The molecular weight excluding hydrogens is 452 g/mol. The molecule has 0 spiro atoms. The van der Waals surface area contributed by atoms with Gasteiger partial charge in [-0.25, -0.2) is 4.79 Å². The van der Waals surface area contributed by atoms with Gasteiger partial charge in [-0.05, 0) is 16.7 Å². The zero-order chi connectivity index (χ0) is 24.9. The van der Waals surface area contributed by atoms with E-state index in [1.165, 1.54) is 31.3 Å². The van der Waals surface area contributed by atoms with Crippen molar-refractivity contribution in [1.29, 1.82) is 0 Å². The number of hydrogen-bond donors (Lipinski definition) is 0. The Morgan fingerprint density at radius 3 is 2.34 bits per heavy atom. The van der Waals surface area contributed by atoms with Crippen molar-refractivity contribution < 1.29 is 28.7 Å². The van der Waals surface area contributed by atoms with Crippen LogP contribution in [-0.4, -0.2) is 42.0 Å². The molecule has 1 aliphatic heterocycles. The summed E-state index contributed by atoms with van der Waals surface area (Å²) in [5.74, 6) is -0.963. The molecule has 1 unspecified atom stereocenters. The molecule has 1 aliphatic rings. The van der Waals surface area contributed by atoms with Gasteiger partial charge in [0.15, 0.2) is 11.5 Å². The standard InChI is InChI=1S/C26H24N2O7/c1-33-23-13-20(21(28(31)32)14-24(23)35-16-17-8-4-3-5-9-17)25(29)27-15-19-11-7-6-10-18(19)12-22(27)26(30)34-2/h3-11,13-14,22H,12,15-16H2,1-2H3. The highest BCUT2D eigenvalue weighted by molar-refractivity contribution is 6.01. The number of ether oxygens (including phenoxy) is 3. The van der Waals surface area contributed by atoms with Gasteiger partial charge in [-0.15, -0.1) is 0 Å². The van der Waals surface area contributed by atoms with Gasteiger partial charge in [-0.1, -0.05) is 54.6 Å². The van der Waals surface area contributed by atoms with Crippen LogP contribution in [0.25, 0.3) is 0 Å². The van der Waals surface area contributed by atoms with Crippen molar-refractivity contribution in [2.75, 3.05) is 14.2 Å². The molecule has 0 aliphatic carbocycles. The summed E-state index contributed by atoms with van der Waals surface area (Å²) < 4.78 is 16.1. The maximum Gasteiger partial charge on any atom is 0.328 e. The minimum atomic E-state index is -0.915. The smallest absolute Gasteiger partial charge is 0.328 e. The topological polar surface area (TPSA) is 108 Å². The number of carbonyl (C=O) groups excluding carboxylic acids is 2. The molecular formula is C26H24N2O7. The van der Waals surface area contributed by atoms with Gasteiger partial charge in [-0.3, -0.25) is 14.9 Å². The van der Waals surface area contributed by atoms with Gasteiger partial charge < -0.3 is 19.1 Å². The Kier molecular flexibility index (Phi) is 6.96.